The van der Waals surface area contributed by atoms with E-state index in [0.717, 1.165) is 11.1 Å². The third-order valence-electron chi connectivity index (χ3n) is 3.80. The predicted octanol–water partition coefficient (Wildman–Crippen LogP) is 3.71. The van der Waals surface area contributed by atoms with Gasteiger partial charge in [-0.15, -0.1) is 0 Å². The second kappa shape index (κ2) is 8.97. The maximum atomic E-state index is 12.2. The Morgan fingerprint density at radius 2 is 1.69 bits per heavy atom. The minimum absolute atomic E-state index is 0.193. The molecule has 0 atom stereocenters. The van der Waals surface area contributed by atoms with E-state index < -0.39 is 0 Å². The average Bonchev–Trinajstić information content (AvgIpc) is 2.67. The number of amides is 1. The van der Waals surface area contributed by atoms with Gasteiger partial charge in [0.15, 0.2) is 0 Å². The van der Waals surface area contributed by atoms with Crippen LogP contribution in [0.4, 0.5) is 5.95 Å². The molecule has 0 saturated heterocycles. The van der Waals surface area contributed by atoms with E-state index in [4.69, 9.17) is 11.6 Å². The summed E-state index contributed by atoms with van der Waals surface area (Å²) in [7, 11) is 0. The molecular formula is C20H19ClN4O. The molecule has 0 fully saturated rings. The van der Waals surface area contributed by atoms with Crippen LogP contribution in [0.1, 0.15) is 21.5 Å². The SMILES string of the molecule is O=C(NCCc1cccc(Cl)c1)c1cnc(NCc2ccccc2)nc1. The monoisotopic (exact) mass is 366 g/mol. The van der Waals surface area contributed by atoms with Gasteiger partial charge in [-0.3, -0.25) is 4.79 Å². The zero-order valence-corrected chi connectivity index (χ0v) is 14.9. The number of anilines is 1. The fourth-order valence-electron chi connectivity index (χ4n) is 2.43. The smallest absolute Gasteiger partial charge is 0.254 e. The summed E-state index contributed by atoms with van der Waals surface area (Å²) in [5, 5.41) is 6.69. The number of benzene rings is 2. The molecule has 5 nitrogen and oxygen atoms in total. The standard InChI is InChI=1S/C20H19ClN4O/c21-18-8-4-7-15(11-18)9-10-22-19(26)17-13-24-20(25-14-17)23-12-16-5-2-1-3-6-16/h1-8,11,13-14H,9-10,12H2,(H,22,26)(H,23,24,25). The molecule has 1 heterocycles. The molecule has 2 N–H and O–H groups in total. The molecule has 132 valence electrons. The van der Waals surface area contributed by atoms with Crippen LogP contribution in [0.3, 0.4) is 0 Å². The van der Waals surface area contributed by atoms with E-state index >= 15 is 0 Å². The number of aromatic nitrogens is 2. The van der Waals surface area contributed by atoms with E-state index in [0.29, 0.717) is 36.0 Å². The summed E-state index contributed by atoms with van der Waals surface area (Å²) >= 11 is 5.95. The van der Waals surface area contributed by atoms with Crippen LogP contribution in [-0.4, -0.2) is 22.4 Å². The maximum Gasteiger partial charge on any atom is 0.254 e. The highest BCUT2D eigenvalue weighted by Gasteiger charge is 2.07. The van der Waals surface area contributed by atoms with E-state index in [9.17, 15) is 4.79 Å². The molecule has 0 spiro atoms. The Morgan fingerprint density at radius 3 is 2.42 bits per heavy atom. The van der Waals surface area contributed by atoms with Crippen molar-refractivity contribution in [2.45, 2.75) is 13.0 Å². The Labute approximate surface area is 157 Å². The first-order valence-electron chi connectivity index (χ1n) is 8.33. The number of hydrogen-bond donors (Lipinski definition) is 2. The molecule has 0 saturated carbocycles. The van der Waals surface area contributed by atoms with Gasteiger partial charge in [0.2, 0.25) is 5.95 Å². The lowest BCUT2D eigenvalue weighted by molar-refractivity contribution is 0.0953. The van der Waals surface area contributed by atoms with Crippen molar-refractivity contribution in [3.05, 3.63) is 88.7 Å². The van der Waals surface area contributed by atoms with Crippen LogP contribution in [0.25, 0.3) is 0 Å². The number of rotatable bonds is 7. The van der Waals surface area contributed by atoms with Crippen molar-refractivity contribution in [2.75, 3.05) is 11.9 Å². The predicted molar refractivity (Wildman–Crippen MR) is 103 cm³/mol. The summed E-state index contributed by atoms with van der Waals surface area (Å²) in [5.74, 6) is 0.297. The normalized spacial score (nSPS) is 10.3. The molecule has 0 aliphatic heterocycles. The lowest BCUT2D eigenvalue weighted by atomic mass is 10.1. The third-order valence-corrected chi connectivity index (χ3v) is 4.03. The molecule has 1 aromatic heterocycles. The zero-order valence-electron chi connectivity index (χ0n) is 14.2. The molecule has 0 radical (unpaired) electrons. The Morgan fingerprint density at radius 1 is 0.962 bits per heavy atom. The minimum atomic E-state index is -0.193. The number of nitrogens with one attached hydrogen (secondary N) is 2. The van der Waals surface area contributed by atoms with Crippen molar-refractivity contribution in [1.82, 2.24) is 15.3 Å². The first kappa shape index (κ1) is 17.9. The topological polar surface area (TPSA) is 66.9 Å². The summed E-state index contributed by atoms with van der Waals surface area (Å²) in [6.45, 7) is 1.15. The quantitative estimate of drug-likeness (QED) is 0.668. The van der Waals surface area contributed by atoms with Crippen LogP contribution >= 0.6 is 11.6 Å². The second-order valence-electron chi connectivity index (χ2n) is 5.77. The first-order valence-corrected chi connectivity index (χ1v) is 8.71. The van der Waals surface area contributed by atoms with Crippen molar-refractivity contribution in [3.63, 3.8) is 0 Å². The van der Waals surface area contributed by atoms with Crippen LogP contribution < -0.4 is 10.6 Å². The fraction of sp³-hybridized carbons (Fsp3) is 0.150. The van der Waals surface area contributed by atoms with Crippen LogP contribution in [0.2, 0.25) is 5.02 Å². The van der Waals surface area contributed by atoms with Crippen LogP contribution in [0.15, 0.2) is 67.0 Å². The molecule has 3 rings (SSSR count). The van der Waals surface area contributed by atoms with Crippen LogP contribution in [-0.2, 0) is 13.0 Å². The number of carbonyl (C=O) groups is 1. The average molecular weight is 367 g/mol. The first-order chi connectivity index (χ1) is 12.7. The van der Waals surface area contributed by atoms with Gasteiger partial charge in [-0.2, -0.15) is 0 Å². The minimum Gasteiger partial charge on any atom is -0.352 e. The lowest BCUT2D eigenvalue weighted by Crippen LogP contribution is -2.26. The summed E-state index contributed by atoms with van der Waals surface area (Å²) < 4.78 is 0. The number of hydrogen-bond acceptors (Lipinski definition) is 4. The van der Waals surface area contributed by atoms with Crippen molar-refractivity contribution >= 4 is 23.5 Å². The van der Waals surface area contributed by atoms with Crippen LogP contribution in [0, 0.1) is 0 Å². The molecular weight excluding hydrogens is 348 g/mol. The highest BCUT2D eigenvalue weighted by atomic mass is 35.5. The molecule has 0 bridgehead atoms. The third kappa shape index (κ3) is 5.29. The molecule has 26 heavy (non-hydrogen) atoms. The van der Waals surface area contributed by atoms with Gasteiger partial charge in [0.05, 0.1) is 5.56 Å². The number of carbonyl (C=O) groups excluding carboxylic acids is 1. The number of halogens is 1. The van der Waals surface area contributed by atoms with E-state index in [1.165, 1.54) is 12.4 Å². The Bertz CT molecular complexity index is 853. The van der Waals surface area contributed by atoms with E-state index in [2.05, 4.69) is 20.6 Å². The molecule has 1 amide bonds. The Kier molecular flexibility index (Phi) is 6.17. The Balaban J connectivity index is 1.47. The highest BCUT2D eigenvalue weighted by Crippen LogP contribution is 2.11. The van der Waals surface area contributed by atoms with Gasteiger partial charge < -0.3 is 10.6 Å². The summed E-state index contributed by atoms with van der Waals surface area (Å²) in [6, 6.07) is 17.6. The van der Waals surface area contributed by atoms with Crippen molar-refractivity contribution < 1.29 is 4.79 Å². The highest BCUT2D eigenvalue weighted by molar-refractivity contribution is 6.30. The lowest BCUT2D eigenvalue weighted by Gasteiger charge is -2.07. The van der Waals surface area contributed by atoms with Gasteiger partial charge in [0.1, 0.15) is 0 Å². The molecule has 6 heteroatoms. The summed E-state index contributed by atoms with van der Waals surface area (Å²) in [6.07, 6.45) is 3.76. The van der Waals surface area contributed by atoms with Gasteiger partial charge >= 0.3 is 0 Å². The van der Waals surface area contributed by atoms with Gasteiger partial charge in [0, 0.05) is 30.5 Å². The maximum absolute atomic E-state index is 12.2. The van der Waals surface area contributed by atoms with Crippen molar-refractivity contribution in [1.29, 1.82) is 0 Å². The van der Waals surface area contributed by atoms with E-state index in [1.807, 2.05) is 54.6 Å². The zero-order chi connectivity index (χ0) is 18.2. The molecule has 0 aliphatic rings. The van der Waals surface area contributed by atoms with Crippen molar-refractivity contribution in [2.24, 2.45) is 0 Å². The molecule has 0 aliphatic carbocycles. The molecule has 3 aromatic rings. The largest absolute Gasteiger partial charge is 0.352 e. The second-order valence-corrected chi connectivity index (χ2v) is 6.21. The van der Waals surface area contributed by atoms with Gasteiger partial charge in [-0.1, -0.05) is 54.1 Å². The van der Waals surface area contributed by atoms with Crippen LogP contribution in [0.5, 0.6) is 0 Å². The van der Waals surface area contributed by atoms with Crippen molar-refractivity contribution in [3.8, 4) is 0 Å². The molecule has 0 unspecified atom stereocenters. The fourth-order valence-corrected chi connectivity index (χ4v) is 2.64. The van der Waals surface area contributed by atoms with Gasteiger partial charge in [-0.05, 0) is 29.7 Å². The summed E-state index contributed by atoms with van der Waals surface area (Å²) in [5.41, 5.74) is 2.65. The summed E-state index contributed by atoms with van der Waals surface area (Å²) in [4.78, 5) is 20.5. The number of nitrogens with zero attached hydrogens (tertiary/aromatic N) is 2. The van der Waals surface area contributed by atoms with E-state index in [1.54, 1.807) is 0 Å². The Hall–Kier alpha value is -2.92. The van der Waals surface area contributed by atoms with E-state index in [-0.39, 0.29) is 5.91 Å². The van der Waals surface area contributed by atoms with Gasteiger partial charge in [0.25, 0.3) is 5.91 Å². The van der Waals surface area contributed by atoms with Gasteiger partial charge in [-0.25, -0.2) is 9.97 Å². The molecule has 2 aromatic carbocycles.